The molecule has 170 valence electrons. The molecule has 1 aliphatic heterocycles. The molecule has 0 aliphatic carbocycles. The number of rotatable bonds is 5. The molecule has 2 unspecified atom stereocenters. The number of aromatic hydroxyl groups is 1. The van der Waals surface area contributed by atoms with Gasteiger partial charge in [0, 0.05) is 24.4 Å². The topological polar surface area (TPSA) is 148 Å². The second-order valence-electron chi connectivity index (χ2n) is 8.13. The van der Waals surface area contributed by atoms with Crippen LogP contribution in [0.2, 0.25) is 0 Å². The van der Waals surface area contributed by atoms with Crippen molar-refractivity contribution < 1.29 is 19.7 Å². The van der Waals surface area contributed by atoms with Gasteiger partial charge in [-0.2, -0.15) is 0 Å². The van der Waals surface area contributed by atoms with Gasteiger partial charge in [0.1, 0.15) is 17.7 Å². The number of allylic oxidation sites excluding steroid dienone is 1. The van der Waals surface area contributed by atoms with Crippen molar-refractivity contribution in [2.24, 2.45) is 17.2 Å². The molecule has 1 saturated heterocycles. The average Bonchev–Trinajstić information content (AvgIpc) is 2.70. The summed E-state index contributed by atoms with van der Waals surface area (Å²) in [5.41, 5.74) is 22.2. The molecule has 8 N–H and O–H groups in total. The van der Waals surface area contributed by atoms with Gasteiger partial charge in [-0.15, -0.1) is 0 Å². The molecule has 0 radical (unpaired) electrons. The standard InChI is InChI=1S/C24H30N4O4/c1-13-8-16(9-14(2)22(13)24(30)31)21-12-28(11-15(3)32-21)19(23(26)27)10-18(25)17-6-4-5-7-20(17)29/h4-10,15,21,29H,11-12,25-27H2,1-3H3,(H,30,31)/b18-10-. The predicted octanol–water partition coefficient (Wildman–Crippen LogP) is 2.56. The number of aryl methyl sites for hydroxylation is 2. The molecule has 1 fully saturated rings. The number of hydrogen-bond donors (Lipinski definition) is 5. The number of nitrogens with zero attached hydrogens (tertiary/aromatic N) is 1. The predicted molar refractivity (Wildman–Crippen MR) is 123 cm³/mol. The van der Waals surface area contributed by atoms with E-state index in [9.17, 15) is 15.0 Å². The first-order valence-electron chi connectivity index (χ1n) is 10.3. The molecular formula is C24H30N4O4. The summed E-state index contributed by atoms with van der Waals surface area (Å²) in [7, 11) is 0. The minimum Gasteiger partial charge on any atom is -0.507 e. The van der Waals surface area contributed by atoms with Crippen LogP contribution in [0.3, 0.4) is 0 Å². The molecule has 8 heteroatoms. The van der Waals surface area contributed by atoms with Crippen molar-refractivity contribution in [2.75, 3.05) is 13.1 Å². The number of morpholine rings is 1. The van der Waals surface area contributed by atoms with Gasteiger partial charge < -0.3 is 37.1 Å². The Bertz CT molecular complexity index is 1070. The van der Waals surface area contributed by atoms with Crippen LogP contribution in [0.1, 0.15) is 45.6 Å². The third-order valence-electron chi connectivity index (χ3n) is 5.54. The van der Waals surface area contributed by atoms with Crippen molar-refractivity contribution in [1.29, 1.82) is 0 Å². The molecule has 8 nitrogen and oxygen atoms in total. The second kappa shape index (κ2) is 9.23. The summed E-state index contributed by atoms with van der Waals surface area (Å²) in [6, 6.07) is 10.5. The van der Waals surface area contributed by atoms with E-state index in [2.05, 4.69) is 0 Å². The van der Waals surface area contributed by atoms with Gasteiger partial charge in [-0.3, -0.25) is 0 Å². The number of phenolic OH excluding ortho intramolecular Hbond substituents is 1. The fourth-order valence-electron chi connectivity index (χ4n) is 4.15. The third kappa shape index (κ3) is 4.81. The molecule has 3 rings (SSSR count). The molecule has 0 saturated carbocycles. The lowest BCUT2D eigenvalue weighted by molar-refractivity contribution is -0.0684. The maximum atomic E-state index is 11.5. The average molecular weight is 439 g/mol. The van der Waals surface area contributed by atoms with E-state index < -0.39 is 5.97 Å². The Balaban J connectivity index is 1.94. The summed E-state index contributed by atoms with van der Waals surface area (Å²) in [6.45, 7) is 6.50. The van der Waals surface area contributed by atoms with Crippen molar-refractivity contribution in [3.63, 3.8) is 0 Å². The minimum atomic E-state index is -0.947. The smallest absolute Gasteiger partial charge is 0.336 e. The lowest BCUT2D eigenvalue weighted by atomic mass is 9.95. The van der Waals surface area contributed by atoms with E-state index in [1.165, 1.54) is 0 Å². The Kier molecular flexibility index (Phi) is 6.64. The first kappa shape index (κ1) is 23.0. The summed E-state index contributed by atoms with van der Waals surface area (Å²) >= 11 is 0. The van der Waals surface area contributed by atoms with Gasteiger partial charge >= 0.3 is 5.97 Å². The Labute approximate surface area is 187 Å². The van der Waals surface area contributed by atoms with Crippen molar-refractivity contribution in [3.05, 3.63) is 81.8 Å². The number of benzene rings is 2. The minimum absolute atomic E-state index is 0.0638. The van der Waals surface area contributed by atoms with E-state index in [-0.39, 0.29) is 23.8 Å². The van der Waals surface area contributed by atoms with E-state index in [0.29, 0.717) is 46.7 Å². The molecule has 0 amide bonds. The zero-order valence-corrected chi connectivity index (χ0v) is 18.5. The fourth-order valence-corrected chi connectivity index (χ4v) is 4.15. The highest BCUT2D eigenvalue weighted by Crippen LogP contribution is 2.31. The van der Waals surface area contributed by atoms with Gasteiger partial charge in [0.2, 0.25) is 0 Å². The van der Waals surface area contributed by atoms with Gasteiger partial charge in [-0.05, 0) is 55.7 Å². The Hall–Kier alpha value is -3.65. The Morgan fingerprint density at radius 1 is 1.12 bits per heavy atom. The monoisotopic (exact) mass is 438 g/mol. The van der Waals surface area contributed by atoms with Crippen molar-refractivity contribution in [2.45, 2.75) is 33.0 Å². The maximum absolute atomic E-state index is 11.5. The molecule has 0 bridgehead atoms. The summed E-state index contributed by atoms with van der Waals surface area (Å²) in [4.78, 5) is 13.5. The molecule has 2 aromatic carbocycles. The molecule has 1 aliphatic rings. The molecule has 2 aromatic rings. The van der Waals surface area contributed by atoms with E-state index in [1.54, 1.807) is 44.2 Å². The lowest BCUT2D eigenvalue weighted by Crippen LogP contribution is -2.43. The SMILES string of the molecule is Cc1cc(C2CN(C(/C=C(\N)c3ccccc3O)=C(N)N)CC(C)O2)cc(C)c1C(=O)O. The number of para-hydroxylation sites is 1. The molecule has 1 heterocycles. The quantitative estimate of drug-likeness (QED) is 0.447. The molecule has 0 spiro atoms. The van der Waals surface area contributed by atoms with Crippen LogP contribution in [-0.4, -0.2) is 40.3 Å². The zero-order chi connectivity index (χ0) is 23.6. The number of ether oxygens (including phenoxy) is 1. The van der Waals surface area contributed by atoms with Gasteiger partial charge in [-0.25, -0.2) is 4.79 Å². The van der Waals surface area contributed by atoms with E-state index in [4.69, 9.17) is 21.9 Å². The third-order valence-corrected chi connectivity index (χ3v) is 5.54. The van der Waals surface area contributed by atoms with Crippen molar-refractivity contribution in [3.8, 4) is 5.75 Å². The van der Waals surface area contributed by atoms with Crippen LogP contribution in [0.4, 0.5) is 0 Å². The molecule has 0 aromatic heterocycles. The molecular weight excluding hydrogens is 408 g/mol. The number of carbonyl (C=O) groups is 1. The highest BCUT2D eigenvalue weighted by molar-refractivity contribution is 5.91. The van der Waals surface area contributed by atoms with Crippen LogP contribution in [0.25, 0.3) is 5.70 Å². The van der Waals surface area contributed by atoms with Gasteiger partial charge in [0.15, 0.2) is 0 Å². The Morgan fingerprint density at radius 3 is 2.31 bits per heavy atom. The van der Waals surface area contributed by atoms with Crippen LogP contribution in [0.15, 0.2) is 54.0 Å². The van der Waals surface area contributed by atoms with E-state index >= 15 is 0 Å². The Morgan fingerprint density at radius 2 is 1.75 bits per heavy atom. The van der Waals surface area contributed by atoms with Crippen LogP contribution in [0, 0.1) is 13.8 Å². The normalized spacial score (nSPS) is 19.0. The highest BCUT2D eigenvalue weighted by atomic mass is 16.5. The molecule has 2 atom stereocenters. The molecule has 32 heavy (non-hydrogen) atoms. The lowest BCUT2D eigenvalue weighted by Gasteiger charge is -2.39. The fraction of sp³-hybridized carbons (Fsp3) is 0.292. The van der Waals surface area contributed by atoms with E-state index in [0.717, 1.165) is 5.56 Å². The first-order chi connectivity index (χ1) is 15.1. The van der Waals surface area contributed by atoms with Crippen molar-refractivity contribution in [1.82, 2.24) is 4.90 Å². The van der Waals surface area contributed by atoms with Crippen LogP contribution < -0.4 is 17.2 Å². The van der Waals surface area contributed by atoms with Crippen LogP contribution in [-0.2, 0) is 4.74 Å². The summed E-state index contributed by atoms with van der Waals surface area (Å²) in [6.07, 6.45) is 1.21. The number of phenols is 1. The van der Waals surface area contributed by atoms with Crippen LogP contribution >= 0.6 is 0 Å². The highest BCUT2D eigenvalue weighted by Gasteiger charge is 2.29. The van der Waals surface area contributed by atoms with Gasteiger partial charge in [0.25, 0.3) is 0 Å². The number of aromatic carboxylic acids is 1. The summed E-state index contributed by atoms with van der Waals surface area (Å²) in [5, 5.41) is 19.6. The number of carboxylic acids is 1. The first-order valence-corrected chi connectivity index (χ1v) is 10.3. The van der Waals surface area contributed by atoms with Gasteiger partial charge in [-0.1, -0.05) is 24.3 Å². The largest absolute Gasteiger partial charge is 0.507 e. The van der Waals surface area contributed by atoms with Crippen LogP contribution in [0.5, 0.6) is 5.75 Å². The van der Waals surface area contributed by atoms with E-state index in [1.807, 2.05) is 24.0 Å². The summed E-state index contributed by atoms with van der Waals surface area (Å²) < 4.78 is 6.17. The number of nitrogens with two attached hydrogens (primary N) is 3. The van der Waals surface area contributed by atoms with Crippen molar-refractivity contribution >= 4 is 11.7 Å². The number of hydrogen-bond acceptors (Lipinski definition) is 7. The number of carboxylic acid groups (broad SMARTS) is 1. The second-order valence-corrected chi connectivity index (χ2v) is 8.13. The maximum Gasteiger partial charge on any atom is 0.336 e. The summed E-state index contributed by atoms with van der Waals surface area (Å²) in [5.74, 6) is -0.782. The zero-order valence-electron chi connectivity index (χ0n) is 18.5. The van der Waals surface area contributed by atoms with Gasteiger partial charge in [0.05, 0.1) is 17.4 Å².